The van der Waals surface area contributed by atoms with E-state index < -0.39 is 0 Å². The Morgan fingerprint density at radius 3 is 3.05 bits per heavy atom. The number of nitrogens with one attached hydrogen (secondary N) is 1. The van der Waals surface area contributed by atoms with Gasteiger partial charge in [0.05, 0.1) is 18.8 Å². The van der Waals surface area contributed by atoms with Crippen molar-refractivity contribution in [3.8, 4) is 5.75 Å². The lowest BCUT2D eigenvalue weighted by Crippen LogP contribution is -2.22. The molecule has 0 amide bonds. The SMILES string of the molecule is COc1ccc(C2CCn3cc(C)nc3N2)cc1F. The highest BCUT2D eigenvalue weighted by Crippen LogP contribution is 2.30. The second-order valence-electron chi connectivity index (χ2n) is 4.78. The van der Waals surface area contributed by atoms with Crippen molar-refractivity contribution in [3.05, 3.63) is 41.5 Å². The predicted octanol–water partition coefficient (Wildman–Crippen LogP) is 2.90. The van der Waals surface area contributed by atoms with Crippen molar-refractivity contribution in [1.29, 1.82) is 0 Å². The summed E-state index contributed by atoms with van der Waals surface area (Å²) in [4.78, 5) is 4.42. The maximum absolute atomic E-state index is 13.7. The number of aromatic nitrogens is 2. The Labute approximate surface area is 111 Å². The molecule has 0 aliphatic carbocycles. The number of methoxy groups -OCH3 is 1. The van der Waals surface area contributed by atoms with Crippen molar-refractivity contribution in [2.24, 2.45) is 0 Å². The third kappa shape index (κ3) is 2.16. The first-order valence-electron chi connectivity index (χ1n) is 6.31. The molecular formula is C14H16FN3O. The number of hydrogen-bond donors (Lipinski definition) is 1. The number of ether oxygens (including phenoxy) is 1. The molecule has 1 atom stereocenters. The molecular weight excluding hydrogens is 245 g/mol. The zero-order valence-corrected chi connectivity index (χ0v) is 11.0. The van der Waals surface area contributed by atoms with Crippen molar-refractivity contribution in [2.75, 3.05) is 12.4 Å². The largest absolute Gasteiger partial charge is 0.494 e. The van der Waals surface area contributed by atoms with Gasteiger partial charge in [-0.05, 0) is 31.0 Å². The number of benzene rings is 1. The van der Waals surface area contributed by atoms with Crippen LogP contribution in [0.25, 0.3) is 0 Å². The molecule has 0 saturated carbocycles. The van der Waals surface area contributed by atoms with Gasteiger partial charge in [0.25, 0.3) is 0 Å². The summed E-state index contributed by atoms with van der Waals surface area (Å²) in [5.74, 6) is 0.800. The van der Waals surface area contributed by atoms with Crippen LogP contribution >= 0.6 is 0 Å². The monoisotopic (exact) mass is 261 g/mol. The Morgan fingerprint density at radius 2 is 2.32 bits per heavy atom. The molecule has 1 aromatic heterocycles. The molecule has 1 N–H and O–H groups in total. The Balaban J connectivity index is 1.86. The molecule has 1 unspecified atom stereocenters. The van der Waals surface area contributed by atoms with Crippen LogP contribution in [0, 0.1) is 12.7 Å². The normalized spacial score (nSPS) is 17.7. The van der Waals surface area contributed by atoms with Gasteiger partial charge in [-0.3, -0.25) is 0 Å². The quantitative estimate of drug-likeness (QED) is 0.903. The molecule has 0 fully saturated rings. The van der Waals surface area contributed by atoms with Crippen molar-refractivity contribution in [3.63, 3.8) is 0 Å². The summed E-state index contributed by atoms with van der Waals surface area (Å²) in [6.07, 6.45) is 2.93. The highest BCUT2D eigenvalue weighted by Gasteiger charge is 2.21. The fraction of sp³-hybridized carbons (Fsp3) is 0.357. The second-order valence-corrected chi connectivity index (χ2v) is 4.78. The average Bonchev–Trinajstić information content (AvgIpc) is 2.77. The van der Waals surface area contributed by atoms with Crippen LogP contribution in [-0.4, -0.2) is 16.7 Å². The van der Waals surface area contributed by atoms with Crippen LogP contribution in [0.4, 0.5) is 10.3 Å². The maximum Gasteiger partial charge on any atom is 0.203 e. The summed E-state index contributed by atoms with van der Waals surface area (Å²) < 4.78 is 20.8. The molecule has 0 saturated heterocycles. The highest BCUT2D eigenvalue weighted by atomic mass is 19.1. The minimum absolute atomic E-state index is 0.0923. The molecule has 100 valence electrons. The molecule has 2 heterocycles. The minimum Gasteiger partial charge on any atom is -0.494 e. The molecule has 0 radical (unpaired) electrons. The first-order chi connectivity index (χ1) is 9.17. The highest BCUT2D eigenvalue weighted by molar-refractivity contribution is 5.39. The van der Waals surface area contributed by atoms with E-state index in [9.17, 15) is 4.39 Å². The average molecular weight is 261 g/mol. The number of anilines is 1. The van der Waals surface area contributed by atoms with Gasteiger partial charge in [0.15, 0.2) is 11.6 Å². The van der Waals surface area contributed by atoms with E-state index in [2.05, 4.69) is 14.9 Å². The van der Waals surface area contributed by atoms with E-state index >= 15 is 0 Å². The third-order valence-corrected chi connectivity index (χ3v) is 3.44. The third-order valence-electron chi connectivity index (χ3n) is 3.44. The second kappa shape index (κ2) is 4.57. The van der Waals surface area contributed by atoms with Gasteiger partial charge in [0.2, 0.25) is 5.95 Å². The van der Waals surface area contributed by atoms with Crippen molar-refractivity contribution >= 4 is 5.95 Å². The zero-order valence-electron chi connectivity index (χ0n) is 11.0. The van der Waals surface area contributed by atoms with Gasteiger partial charge in [-0.25, -0.2) is 9.37 Å². The van der Waals surface area contributed by atoms with Gasteiger partial charge < -0.3 is 14.6 Å². The summed E-state index contributed by atoms with van der Waals surface area (Å²) >= 11 is 0. The molecule has 3 rings (SSSR count). The summed E-state index contributed by atoms with van der Waals surface area (Å²) in [7, 11) is 1.47. The Morgan fingerprint density at radius 1 is 1.47 bits per heavy atom. The molecule has 4 nitrogen and oxygen atoms in total. The number of rotatable bonds is 2. The summed E-state index contributed by atoms with van der Waals surface area (Å²) in [5.41, 5.74) is 1.91. The van der Waals surface area contributed by atoms with Gasteiger partial charge >= 0.3 is 0 Å². The lowest BCUT2D eigenvalue weighted by atomic mass is 10.0. The lowest BCUT2D eigenvalue weighted by molar-refractivity contribution is 0.385. The van der Waals surface area contributed by atoms with E-state index in [1.54, 1.807) is 6.07 Å². The smallest absolute Gasteiger partial charge is 0.203 e. The van der Waals surface area contributed by atoms with Gasteiger partial charge in [-0.1, -0.05) is 6.07 Å². The molecule has 5 heteroatoms. The number of hydrogen-bond acceptors (Lipinski definition) is 3. The molecule has 0 bridgehead atoms. The van der Waals surface area contributed by atoms with Crippen LogP contribution in [0.5, 0.6) is 5.75 Å². The van der Waals surface area contributed by atoms with E-state index in [0.29, 0.717) is 0 Å². The predicted molar refractivity (Wildman–Crippen MR) is 70.9 cm³/mol. The van der Waals surface area contributed by atoms with E-state index in [0.717, 1.165) is 30.2 Å². The van der Waals surface area contributed by atoms with E-state index in [1.165, 1.54) is 13.2 Å². The Kier molecular flexibility index (Phi) is 2.89. The van der Waals surface area contributed by atoms with Gasteiger partial charge in [-0.15, -0.1) is 0 Å². The first kappa shape index (κ1) is 12.0. The van der Waals surface area contributed by atoms with Crippen molar-refractivity contribution < 1.29 is 9.13 Å². The number of imidazole rings is 1. The molecule has 1 aromatic carbocycles. The molecule has 1 aliphatic rings. The first-order valence-corrected chi connectivity index (χ1v) is 6.31. The Bertz CT molecular complexity index is 609. The number of aryl methyl sites for hydroxylation is 2. The summed E-state index contributed by atoms with van der Waals surface area (Å²) in [6, 6.07) is 5.18. The fourth-order valence-electron chi connectivity index (χ4n) is 2.48. The number of fused-ring (bicyclic) bond motifs is 1. The van der Waals surface area contributed by atoms with Crippen LogP contribution in [0.2, 0.25) is 0 Å². The van der Waals surface area contributed by atoms with Gasteiger partial charge in [-0.2, -0.15) is 0 Å². The van der Waals surface area contributed by atoms with Crippen LogP contribution < -0.4 is 10.1 Å². The molecule has 19 heavy (non-hydrogen) atoms. The zero-order chi connectivity index (χ0) is 13.4. The van der Waals surface area contributed by atoms with Gasteiger partial charge in [0, 0.05) is 12.7 Å². The lowest BCUT2D eigenvalue weighted by Gasteiger charge is -2.26. The standard InChI is InChI=1S/C14H16FN3O/c1-9-8-18-6-5-12(17-14(18)16-9)10-3-4-13(19-2)11(15)7-10/h3-4,7-8,12H,5-6H2,1-2H3,(H,16,17). The van der Waals surface area contributed by atoms with E-state index in [4.69, 9.17) is 4.74 Å². The fourth-order valence-corrected chi connectivity index (χ4v) is 2.48. The summed E-state index contributed by atoms with van der Waals surface area (Å²) in [5, 5.41) is 3.34. The van der Waals surface area contributed by atoms with Crippen molar-refractivity contribution in [2.45, 2.75) is 25.9 Å². The van der Waals surface area contributed by atoms with Gasteiger partial charge in [0.1, 0.15) is 0 Å². The number of nitrogens with zero attached hydrogens (tertiary/aromatic N) is 2. The molecule has 2 aromatic rings. The van der Waals surface area contributed by atoms with E-state index in [1.807, 2.05) is 19.2 Å². The van der Waals surface area contributed by atoms with E-state index in [-0.39, 0.29) is 17.6 Å². The topological polar surface area (TPSA) is 39.1 Å². The van der Waals surface area contributed by atoms with Crippen LogP contribution in [0.1, 0.15) is 23.7 Å². The molecule has 0 spiro atoms. The minimum atomic E-state index is -0.327. The van der Waals surface area contributed by atoms with Crippen LogP contribution in [-0.2, 0) is 6.54 Å². The van der Waals surface area contributed by atoms with Crippen molar-refractivity contribution in [1.82, 2.24) is 9.55 Å². The van der Waals surface area contributed by atoms with Crippen LogP contribution in [0.15, 0.2) is 24.4 Å². The Hall–Kier alpha value is -2.04. The summed E-state index contributed by atoms with van der Waals surface area (Å²) in [6.45, 7) is 2.86. The molecule has 1 aliphatic heterocycles. The van der Waals surface area contributed by atoms with Crippen LogP contribution in [0.3, 0.4) is 0 Å². The number of halogens is 1. The maximum atomic E-state index is 13.7.